The molecule has 0 radical (unpaired) electrons. The van der Waals surface area contributed by atoms with Crippen LogP contribution in [0.2, 0.25) is 0 Å². The zero-order chi connectivity index (χ0) is 23.3. The van der Waals surface area contributed by atoms with Gasteiger partial charge in [0, 0.05) is 17.0 Å². The number of nitrogens with zero attached hydrogens (tertiary/aromatic N) is 3. The molecule has 0 unspecified atom stereocenters. The lowest BCUT2D eigenvalue weighted by molar-refractivity contribution is 0.340. The van der Waals surface area contributed by atoms with Gasteiger partial charge in [0.25, 0.3) is 0 Å². The standard InChI is InChI=1S/C28H25N3O2S/c1-3-33-24-16-14-23(15-17-24)31-27(21-10-7-12-25(18-21)32-2)29-30-28(31)34-19-22-11-6-9-20-8-4-5-13-26(20)22/h4-18H,3,19H2,1-2H3. The van der Waals surface area contributed by atoms with E-state index in [4.69, 9.17) is 9.47 Å². The molecule has 0 bridgehead atoms. The number of aromatic nitrogens is 3. The van der Waals surface area contributed by atoms with Crippen molar-refractivity contribution in [2.45, 2.75) is 17.8 Å². The van der Waals surface area contributed by atoms with Crippen molar-refractivity contribution >= 4 is 22.5 Å². The Morgan fingerprint density at radius 3 is 2.44 bits per heavy atom. The summed E-state index contributed by atoms with van der Waals surface area (Å²) in [7, 11) is 1.67. The summed E-state index contributed by atoms with van der Waals surface area (Å²) in [5.41, 5.74) is 3.19. The minimum atomic E-state index is 0.632. The second kappa shape index (κ2) is 10.0. The van der Waals surface area contributed by atoms with Crippen LogP contribution in [0.3, 0.4) is 0 Å². The van der Waals surface area contributed by atoms with Gasteiger partial charge in [0.2, 0.25) is 0 Å². The molecule has 34 heavy (non-hydrogen) atoms. The summed E-state index contributed by atoms with van der Waals surface area (Å²) in [6.45, 7) is 2.61. The Hall–Kier alpha value is -3.77. The Balaban J connectivity index is 1.54. The number of rotatable bonds is 8. The highest BCUT2D eigenvalue weighted by Crippen LogP contribution is 2.33. The van der Waals surface area contributed by atoms with Crippen LogP contribution in [-0.2, 0) is 5.75 Å². The molecule has 0 aliphatic carbocycles. The first-order valence-electron chi connectivity index (χ1n) is 11.2. The van der Waals surface area contributed by atoms with Crippen molar-refractivity contribution in [3.05, 3.63) is 96.6 Å². The number of hydrogen-bond donors (Lipinski definition) is 0. The van der Waals surface area contributed by atoms with Gasteiger partial charge in [-0.2, -0.15) is 0 Å². The fourth-order valence-corrected chi connectivity index (χ4v) is 4.92. The molecule has 0 atom stereocenters. The first-order chi connectivity index (χ1) is 16.8. The van der Waals surface area contributed by atoms with Crippen molar-refractivity contribution < 1.29 is 9.47 Å². The van der Waals surface area contributed by atoms with E-state index < -0.39 is 0 Å². The molecular formula is C28H25N3O2S. The van der Waals surface area contributed by atoms with Gasteiger partial charge in [0.1, 0.15) is 11.5 Å². The van der Waals surface area contributed by atoms with Crippen LogP contribution in [0.5, 0.6) is 11.5 Å². The zero-order valence-electron chi connectivity index (χ0n) is 19.1. The van der Waals surface area contributed by atoms with Gasteiger partial charge < -0.3 is 9.47 Å². The Morgan fingerprint density at radius 2 is 1.62 bits per heavy atom. The Kier molecular flexibility index (Phi) is 6.49. The molecule has 0 N–H and O–H groups in total. The maximum Gasteiger partial charge on any atom is 0.196 e. The smallest absolute Gasteiger partial charge is 0.196 e. The van der Waals surface area contributed by atoms with Crippen LogP contribution in [-0.4, -0.2) is 28.5 Å². The summed E-state index contributed by atoms with van der Waals surface area (Å²) in [4.78, 5) is 0. The van der Waals surface area contributed by atoms with E-state index >= 15 is 0 Å². The molecule has 1 aromatic heterocycles. The Morgan fingerprint density at radius 1 is 0.824 bits per heavy atom. The summed E-state index contributed by atoms with van der Waals surface area (Å²) in [5, 5.41) is 12.5. The maximum atomic E-state index is 5.64. The molecule has 0 fully saturated rings. The minimum absolute atomic E-state index is 0.632. The van der Waals surface area contributed by atoms with Crippen LogP contribution >= 0.6 is 11.8 Å². The van der Waals surface area contributed by atoms with E-state index in [-0.39, 0.29) is 0 Å². The van der Waals surface area contributed by atoms with Crippen molar-refractivity contribution in [2.75, 3.05) is 13.7 Å². The van der Waals surface area contributed by atoms with Crippen LogP contribution in [0.4, 0.5) is 0 Å². The highest BCUT2D eigenvalue weighted by Gasteiger charge is 2.17. The van der Waals surface area contributed by atoms with E-state index in [1.807, 2.05) is 55.5 Å². The summed E-state index contributed by atoms with van der Waals surface area (Å²) < 4.78 is 13.2. The molecule has 5 nitrogen and oxygen atoms in total. The van der Waals surface area contributed by atoms with Crippen molar-refractivity contribution in [1.29, 1.82) is 0 Å². The first-order valence-corrected chi connectivity index (χ1v) is 12.2. The second-order valence-electron chi connectivity index (χ2n) is 7.73. The topological polar surface area (TPSA) is 49.2 Å². The monoisotopic (exact) mass is 467 g/mol. The predicted octanol–water partition coefficient (Wildman–Crippen LogP) is 6.79. The van der Waals surface area contributed by atoms with Gasteiger partial charge in [-0.1, -0.05) is 66.4 Å². The molecule has 0 aliphatic rings. The molecule has 0 amide bonds. The largest absolute Gasteiger partial charge is 0.497 e. The van der Waals surface area contributed by atoms with Crippen molar-refractivity contribution in [1.82, 2.24) is 14.8 Å². The first kappa shape index (κ1) is 22.0. The van der Waals surface area contributed by atoms with Gasteiger partial charge in [0.05, 0.1) is 13.7 Å². The highest BCUT2D eigenvalue weighted by atomic mass is 32.2. The molecule has 0 saturated heterocycles. The van der Waals surface area contributed by atoms with E-state index in [2.05, 4.69) is 57.2 Å². The Bertz CT molecular complexity index is 1410. The summed E-state index contributed by atoms with van der Waals surface area (Å²) in [5.74, 6) is 3.17. The molecule has 0 spiro atoms. The Labute approximate surface area is 203 Å². The van der Waals surface area contributed by atoms with E-state index in [0.717, 1.165) is 39.5 Å². The quantitative estimate of drug-likeness (QED) is 0.235. The lowest BCUT2D eigenvalue weighted by atomic mass is 10.1. The average Bonchev–Trinajstić information content (AvgIpc) is 3.32. The average molecular weight is 468 g/mol. The normalized spacial score (nSPS) is 11.0. The molecule has 0 saturated carbocycles. The number of methoxy groups -OCH3 is 1. The maximum absolute atomic E-state index is 5.64. The molecule has 0 aliphatic heterocycles. The number of thioether (sulfide) groups is 1. The zero-order valence-corrected chi connectivity index (χ0v) is 20.0. The summed E-state index contributed by atoms with van der Waals surface area (Å²) in [6, 6.07) is 30.8. The molecule has 4 aromatic carbocycles. The van der Waals surface area contributed by atoms with Gasteiger partial charge in [-0.05, 0) is 59.7 Å². The molecule has 5 aromatic rings. The number of hydrogen-bond acceptors (Lipinski definition) is 5. The molecule has 170 valence electrons. The molecule has 6 heteroatoms. The third-order valence-corrected chi connectivity index (χ3v) is 6.58. The SMILES string of the molecule is CCOc1ccc(-n2c(SCc3cccc4ccccc34)nnc2-c2cccc(OC)c2)cc1. The molecular weight excluding hydrogens is 442 g/mol. The number of fused-ring (bicyclic) bond motifs is 1. The van der Waals surface area contributed by atoms with Crippen LogP contribution < -0.4 is 9.47 Å². The molecule has 5 rings (SSSR count). The number of ether oxygens (including phenoxy) is 2. The predicted molar refractivity (Wildman–Crippen MR) is 138 cm³/mol. The van der Waals surface area contributed by atoms with Gasteiger partial charge in [0.15, 0.2) is 11.0 Å². The van der Waals surface area contributed by atoms with Crippen molar-refractivity contribution in [3.8, 4) is 28.6 Å². The minimum Gasteiger partial charge on any atom is -0.497 e. The van der Waals surface area contributed by atoms with E-state index in [1.54, 1.807) is 18.9 Å². The van der Waals surface area contributed by atoms with E-state index in [1.165, 1.54) is 16.3 Å². The highest BCUT2D eigenvalue weighted by molar-refractivity contribution is 7.98. The third kappa shape index (κ3) is 4.50. The fourth-order valence-electron chi connectivity index (χ4n) is 3.96. The van der Waals surface area contributed by atoms with E-state index in [0.29, 0.717) is 6.61 Å². The summed E-state index contributed by atoms with van der Waals surface area (Å²) >= 11 is 1.68. The van der Waals surface area contributed by atoms with Crippen LogP contribution in [0.25, 0.3) is 27.8 Å². The lowest BCUT2D eigenvalue weighted by Crippen LogP contribution is -2.00. The third-order valence-electron chi connectivity index (χ3n) is 5.60. The second-order valence-corrected chi connectivity index (χ2v) is 8.67. The van der Waals surface area contributed by atoms with Crippen molar-refractivity contribution in [2.24, 2.45) is 0 Å². The lowest BCUT2D eigenvalue weighted by Gasteiger charge is -2.12. The van der Waals surface area contributed by atoms with Gasteiger partial charge in [-0.25, -0.2) is 0 Å². The molecule has 1 heterocycles. The van der Waals surface area contributed by atoms with Gasteiger partial charge >= 0.3 is 0 Å². The van der Waals surface area contributed by atoms with Crippen LogP contribution in [0, 0.1) is 0 Å². The number of benzene rings is 4. The van der Waals surface area contributed by atoms with Gasteiger partial charge in [-0.15, -0.1) is 10.2 Å². The fraction of sp³-hybridized carbons (Fsp3) is 0.143. The van der Waals surface area contributed by atoms with Gasteiger partial charge in [-0.3, -0.25) is 4.57 Å². The van der Waals surface area contributed by atoms with Crippen LogP contribution in [0.1, 0.15) is 12.5 Å². The van der Waals surface area contributed by atoms with Crippen LogP contribution in [0.15, 0.2) is 96.2 Å². The summed E-state index contributed by atoms with van der Waals surface area (Å²) in [6.07, 6.45) is 0. The van der Waals surface area contributed by atoms with Crippen molar-refractivity contribution in [3.63, 3.8) is 0 Å². The van der Waals surface area contributed by atoms with E-state index in [9.17, 15) is 0 Å².